The minimum absolute atomic E-state index is 0.0151. The van der Waals surface area contributed by atoms with Crippen molar-refractivity contribution >= 4 is 40.1 Å². The molecule has 9 rings (SSSR count). The minimum atomic E-state index is -0.306. The van der Waals surface area contributed by atoms with E-state index in [0.717, 1.165) is 80.1 Å². The molecule has 3 amide bonds. The Balaban J connectivity index is 0.771. The van der Waals surface area contributed by atoms with Gasteiger partial charge in [0.05, 0.1) is 17.8 Å². The largest absolute Gasteiger partial charge is 0.507 e. The molecule has 1 unspecified atom stereocenters. The molecule has 3 fully saturated rings. The molecule has 2 N–H and O–H groups in total. The molecule has 13 nitrogen and oxygen atoms in total. The Labute approximate surface area is 319 Å². The van der Waals surface area contributed by atoms with Gasteiger partial charge in [-0.2, -0.15) is 0 Å². The van der Waals surface area contributed by atoms with E-state index in [4.69, 9.17) is 4.74 Å². The number of amides is 3. The van der Waals surface area contributed by atoms with E-state index in [1.807, 2.05) is 64.2 Å². The number of rotatable bonds is 8. The number of piperazine rings is 1. The van der Waals surface area contributed by atoms with Crippen molar-refractivity contribution in [2.45, 2.75) is 44.2 Å². The fraction of sp³-hybridized carbons (Fsp3) is 0.357. The first-order valence-electron chi connectivity index (χ1n) is 19.3. The van der Waals surface area contributed by atoms with Gasteiger partial charge in [0.2, 0.25) is 17.7 Å². The molecule has 0 aliphatic carbocycles. The van der Waals surface area contributed by atoms with Gasteiger partial charge < -0.3 is 29.1 Å². The second-order valence-corrected chi connectivity index (χ2v) is 14.8. The summed E-state index contributed by atoms with van der Waals surface area (Å²) in [6.07, 6.45) is 5.31. The molecule has 5 aromatic rings. The average molecular weight is 741 g/mol. The number of nitrogens with one attached hydrogen (secondary N) is 1. The Morgan fingerprint density at radius 3 is 2.44 bits per heavy atom. The van der Waals surface area contributed by atoms with E-state index in [9.17, 15) is 19.5 Å². The molecule has 0 saturated carbocycles. The number of carbonyl (C=O) groups is 3. The molecule has 4 aliphatic rings. The molecular formula is C42H44N8O5. The summed E-state index contributed by atoms with van der Waals surface area (Å²) < 4.78 is 8.51. The first kappa shape index (κ1) is 34.8. The highest BCUT2D eigenvalue weighted by Gasteiger charge is 2.36. The first-order chi connectivity index (χ1) is 26.9. The van der Waals surface area contributed by atoms with E-state index in [1.165, 1.54) is 11.3 Å². The summed E-state index contributed by atoms with van der Waals surface area (Å²) in [5.41, 5.74) is 7.35. The lowest BCUT2D eigenvalue weighted by Gasteiger charge is -2.38. The van der Waals surface area contributed by atoms with Crippen LogP contribution in [0.15, 0.2) is 85.1 Å². The summed E-state index contributed by atoms with van der Waals surface area (Å²) in [4.78, 5) is 46.6. The van der Waals surface area contributed by atoms with E-state index < -0.39 is 0 Å². The molecule has 0 spiro atoms. The van der Waals surface area contributed by atoms with E-state index in [2.05, 4.69) is 48.4 Å². The fourth-order valence-corrected chi connectivity index (χ4v) is 8.58. The highest BCUT2D eigenvalue weighted by Crippen LogP contribution is 2.38. The molecule has 55 heavy (non-hydrogen) atoms. The van der Waals surface area contributed by atoms with Crippen LogP contribution in [-0.2, 0) is 20.8 Å². The zero-order chi connectivity index (χ0) is 37.5. The zero-order valence-electron chi connectivity index (χ0n) is 30.6. The maximum atomic E-state index is 13.4. The van der Waals surface area contributed by atoms with Crippen LogP contribution in [0.5, 0.6) is 11.5 Å². The lowest BCUT2D eigenvalue weighted by molar-refractivity contribution is -0.135. The maximum absolute atomic E-state index is 13.4. The molecular weight excluding hydrogens is 697 g/mol. The maximum Gasteiger partial charge on any atom is 0.249 e. The van der Waals surface area contributed by atoms with Crippen LogP contribution in [0.4, 0.5) is 11.4 Å². The van der Waals surface area contributed by atoms with Gasteiger partial charge in [-0.05, 0) is 61.4 Å². The van der Waals surface area contributed by atoms with Crippen LogP contribution in [0.1, 0.15) is 31.2 Å². The SMILES string of the molecule is O=C1CCC(N2CCc3c(N4CCN(CC(=O)N5CCC(Oc6cccc(-n7ccc8nnc(-c9ccccc9O)cc87)c6)CC5)CC4)cccc32)C(=O)N1. The summed E-state index contributed by atoms with van der Waals surface area (Å²) in [7, 11) is 0. The lowest BCUT2D eigenvalue weighted by Crippen LogP contribution is -2.52. The van der Waals surface area contributed by atoms with Crippen LogP contribution < -0.4 is 19.9 Å². The Morgan fingerprint density at radius 2 is 1.62 bits per heavy atom. The second kappa shape index (κ2) is 14.7. The minimum Gasteiger partial charge on any atom is -0.507 e. The van der Waals surface area contributed by atoms with Gasteiger partial charge in [-0.25, -0.2) is 0 Å². The fourth-order valence-electron chi connectivity index (χ4n) is 8.58. The van der Waals surface area contributed by atoms with Crippen molar-refractivity contribution < 1.29 is 24.2 Å². The van der Waals surface area contributed by atoms with Crippen molar-refractivity contribution in [1.29, 1.82) is 0 Å². The van der Waals surface area contributed by atoms with Crippen LogP contribution >= 0.6 is 0 Å². The van der Waals surface area contributed by atoms with Gasteiger partial charge in [-0.3, -0.25) is 24.6 Å². The topological polar surface area (TPSA) is 136 Å². The number of phenolic OH excluding ortho intramolecular Hbond substituents is 1. The number of imide groups is 1. The van der Waals surface area contributed by atoms with E-state index >= 15 is 0 Å². The van der Waals surface area contributed by atoms with E-state index in [1.54, 1.807) is 12.1 Å². The predicted octanol–water partition coefficient (Wildman–Crippen LogP) is 4.15. The van der Waals surface area contributed by atoms with Gasteiger partial charge in [-0.1, -0.05) is 24.3 Å². The lowest BCUT2D eigenvalue weighted by atomic mass is 10.0. The number of anilines is 2. The summed E-state index contributed by atoms with van der Waals surface area (Å²) in [6.45, 7) is 5.80. The molecule has 282 valence electrons. The van der Waals surface area contributed by atoms with Gasteiger partial charge >= 0.3 is 0 Å². The van der Waals surface area contributed by atoms with E-state index in [-0.39, 0.29) is 35.6 Å². The highest BCUT2D eigenvalue weighted by molar-refractivity contribution is 6.02. The summed E-state index contributed by atoms with van der Waals surface area (Å²) in [5, 5.41) is 21.6. The second-order valence-electron chi connectivity index (χ2n) is 14.8. The first-order valence-corrected chi connectivity index (χ1v) is 19.3. The van der Waals surface area contributed by atoms with Gasteiger partial charge in [0.15, 0.2) is 0 Å². The molecule has 13 heteroatoms. The van der Waals surface area contributed by atoms with Crippen LogP contribution in [0.3, 0.4) is 0 Å². The third kappa shape index (κ3) is 6.95. The number of hydrogen-bond acceptors (Lipinski definition) is 10. The van der Waals surface area contributed by atoms with Crippen LogP contribution in [-0.4, -0.2) is 112 Å². The van der Waals surface area contributed by atoms with Crippen molar-refractivity contribution in [1.82, 2.24) is 29.9 Å². The standard InChI is InChI=1S/C42H44N8O5/c51-39-10-2-1-7-31(39)34-26-38-33(44-45-34)16-20-49(38)28-5-3-6-30(25-28)55-29-13-17-48(18-14-29)41(53)27-46-21-23-47(24-22-46)35-8-4-9-36-32(35)15-19-50(36)37-11-12-40(52)43-42(37)54/h1-10,16,20,25-26,29,37,51H,11-15,17-19,21-24,27H2,(H,43,52,54). The number of fused-ring (bicyclic) bond motifs is 2. The van der Waals surface area contributed by atoms with Gasteiger partial charge in [-0.15, -0.1) is 10.2 Å². The third-order valence-corrected chi connectivity index (χ3v) is 11.5. The number of nitrogens with zero attached hydrogens (tertiary/aromatic N) is 7. The predicted molar refractivity (Wildman–Crippen MR) is 209 cm³/mol. The van der Waals surface area contributed by atoms with Crippen molar-refractivity contribution in [3.05, 3.63) is 90.6 Å². The molecule has 4 aliphatic heterocycles. The number of aromatic hydroxyl groups is 1. The van der Waals surface area contributed by atoms with Crippen molar-refractivity contribution in [3.63, 3.8) is 0 Å². The Hall–Kier alpha value is -5.95. The number of hydrogen-bond donors (Lipinski definition) is 2. The summed E-state index contributed by atoms with van der Waals surface area (Å²) in [5.74, 6) is 0.711. The molecule has 1 atom stereocenters. The quantitative estimate of drug-likeness (QED) is 0.224. The summed E-state index contributed by atoms with van der Waals surface area (Å²) >= 11 is 0. The number of piperidine rings is 2. The zero-order valence-corrected chi connectivity index (χ0v) is 30.6. The van der Waals surface area contributed by atoms with Crippen LogP contribution in [0.2, 0.25) is 0 Å². The number of phenols is 1. The van der Waals surface area contributed by atoms with Crippen LogP contribution in [0, 0.1) is 0 Å². The Kier molecular flexibility index (Phi) is 9.30. The molecule has 3 saturated heterocycles. The van der Waals surface area contributed by atoms with Crippen molar-refractivity contribution in [2.24, 2.45) is 0 Å². The third-order valence-electron chi connectivity index (χ3n) is 11.5. The number of carbonyl (C=O) groups excluding carboxylic acids is 3. The van der Waals surface area contributed by atoms with Crippen LogP contribution in [0.25, 0.3) is 28.0 Å². The summed E-state index contributed by atoms with van der Waals surface area (Å²) in [6, 6.07) is 25.0. The number of ether oxygens (including phenoxy) is 1. The van der Waals surface area contributed by atoms with Crippen molar-refractivity contribution in [3.8, 4) is 28.4 Å². The average Bonchev–Trinajstić information content (AvgIpc) is 3.83. The van der Waals surface area contributed by atoms with Gasteiger partial charge in [0.25, 0.3) is 0 Å². The molecule has 2 aromatic heterocycles. The van der Waals surface area contributed by atoms with Crippen molar-refractivity contribution in [2.75, 3.05) is 62.2 Å². The molecule has 3 aromatic carbocycles. The monoisotopic (exact) mass is 740 g/mol. The molecule has 6 heterocycles. The number of benzene rings is 3. The number of aromatic nitrogens is 3. The van der Waals surface area contributed by atoms with Gasteiger partial charge in [0.1, 0.15) is 29.2 Å². The normalized spacial score (nSPS) is 19.5. The number of likely N-dealkylation sites (tertiary alicyclic amines) is 1. The number of para-hydroxylation sites is 1. The Morgan fingerprint density at radius 1 is 0.818 bits per heavy atom. The van der Waals surface area contributed by atoms with Gasteiger partial charge in [0, 0.05) is 106 Å². The van der Waals surface area contributed by atoms with E-state index in [0.29, 0.717) is 43.7 Å². The smallest absolute Gasteiger partial charge is 0.249 e. The molecule has 0 bridgehead atoms. The highest BCUT2D eigenvalue weighted by atomic mass is 16.5. The Bertz CT molecular complexity index is 2260. The molecule has 0 radical (unpaired) electrons.